The second-order valence-electron chi connectivity index (χ2n) is 6.20. The number of carbonyl (C=O) groups is 2. The summed E-state index contributed by atoms with van der Waals surface area (Å²) in [4.78, 5) is 28.1. The highest BCUT2D eigenvalue weighted by Crippen LogP contribution is 2.29. The van der Waals surface area contributed by atoms with Gasteiger partial charge < -0.3 is 15.0 Å². The molecule has 1 aliphatic carbocycles. The van der Waals surface area contributed by atoms with Gasteiger partial charge in [-0.15, -0.1) is 11.3 Å². The number of hydrogen-bond donors (Lipinski definition) is 1. The molecule has 5 nitrogen and oxygen atoms in total. The molecule has 0 atom stereocenters. The number of rotatable bonds is 3. The Morgan fingerprint density at radius 2 is 2.04 bits per heavy atom. The van der Waals surface area contributed by atoms with Crippen LogP contribution in [0.2, 0.25) is 0 Å². The topological polar surface area (TPSA) is 58.6 Å². The molecule has 126 valence electrons. The van der Waals surface area contributed by atoms with Gasteiger partial charge in [0, 0.05) is 24.0 Å². The summed E-state index contributed by atoms with van der Waals surface area (Å²) in [7, 11) is 0. The number of ether oxygens (including phenoxy) is 1. The van der Waals surface area contributed by atoms with Crippen LogP contribution in [0.4, 0.5) is 4.79 Å². The summed E-state index contributed by atoms with van der Waals surface area (Å²) in [6.07, 6.45) is 6.02. The van der Waals surface area contributed by atoms with E-state index in [1.807, 2.05) is 6.92 Å². The van der Waals surface area contributed by atoms with Gasteiger partial charge in [-0.25, -0.2) is 4.79 Å². The van der Waals surface area contributed by atoms with E-state index >= 15 is 0 Å². The third-order valence-electron chi connectivity index (χ3n) is 4.58. The molecule has 1 aromatic heterocycles. The lowest BCUT2D eigenvalue weighted by atomic mass is 9.99. The van der Waals surface area contributed by atoms with Crippen LogP contribution < -0.4 is 5.32 Å². The van der Waals surface area contributed by atoms with Crippen LogP contribution >= 0.6 is 11.3 Å². The number of carbonyl (C=O) groups excluding carboxylic acids is 2. The third-order valence-corrected chi connectivity index (χ3v) is 5.81. The summed E-state index contributed by atoms with van der Waals surface area (Å²) in [6.45, 7) is 3.50. The number of nitrogens with zero attached hydrogens (tertiary/aromatic N) is 1. The molecule has 6 heteroatoms. The first kappa shape index (κ1) is 16.3. The molecule has 1 N–H and O–H groups in total. The van der Waals surface area contributed by atoms with E-state index in [-0.39, 0.29) is 18.0 Å². The second kappa shape index (κ2) is 7.34. The maximum Gasteiger partial charge on any atom is 0.409 e. The summed E-state index contributed by atoms with van der Waals surface area (Å²) in [5.74, 6) is 0.0407. The van der Waals surface area contributed by atoms with Crippen molar-refractivity contribution in [2.24, 2.45) is 0 Å². The number of piperidine rings is 1. The number of amides is 2. The second-order valence-corrected chi connectivity index (χ2v) is 7.34. The van der Waals surface area contributed by atoms with Gasteiger partial charge in [-0.2, -0.15) is 0 Å². The normalized spacial score (nSPS) is 18.4. The third kappa shape index (κ3) is 3.86. The number of aryl methyl sites for hydroxylation is 2. The van der Waals surface area contributed by atoms with Crippen LogP contribution in [0.25, 0.3) is 0 Å². The van der Waals surface area contributed by atoms with Crippen molar-refractivity contribution in [3.8, 4) is 0 Å². The minimum atomic E-state index is -0.247. The molecule has 0 saturated carbocycles. The Labute approximate surface area is 141 Å². The number of likely N-dealkylation sites (tertiary alicyclic amines) is 1. The van der Waals surface area contributed by atoms with E-state index in [0.29, 0.717) is 19.7 Å². The predicted octanol–water partition coefficient (Wildman–Crippen LogP) is 2.98. The van der Waals surface area contributed by atoms with E-state index < -0.39 is 0 Å². The Morgan fingerprint density at radius 3 is 2.74 bits per heavy atom. The lowest BCUT2D eigenvalue weighted by molar-refractivity contribution is 0.0862. The zero-order valence-electron chi connectivity index (χ0n) is 13.6. The fourth-order valence-electron chi connectivity index (χ4n) is 3.28. The van der Waals surface area contributed by atoms with Crippen LogP contribution in [-0.2, 0) is 17.6 Å². The Hall–Kier alpha value is -1.56. The maximum atomic E-state index is 12.4. The van der Waals surface area contributed by atoms with Crippen LogP contribution in [0.15, 0.2) is 6.07 Å². The van der Waals surface area contributed by atoms with Gasteiger partial charge in [0.15, 0.2) is 0 Å². The molecule has 1 saturated heterocycles. The number of fused-ring (bicyclic) bond motifs is 1. The molecule has 0 spiro atoms. The van der Waals surface area contributed by atoms with Gasteiger partial charge in [-0.1, -0.05) is 0 Å². The van der Waals surface area contributed by atoms with Crippen LogP contribution in [0.1, 0.15) is 52.7 Å². The number of hydrogen-bond acceptors (Lipinski definition) is 4. The highest BCUT2D eigenvalue weighted by Gasteiger charge is 2.25. The number of thiophene rings is 1. The summed E-state index contributed by atoms with van der Waals surface area (Å²) < 4.78 is 5.01. The Bertz CT molecular complexity index is 553. The fourth-order valence-corrected chi connectivity index (χ4v) is 4.44. The highest BCUT2D eigenvalue weighted by atomic mass is 32.1. The quantitative estimate of drug-likeness (QED) is 0.923. The van der Waals surface area contributed by atoms with E-state index in [2.05, 4.69) is 11.4 Å². The minimum Gasteiger partial charge on any atom is -0.450 e. The van der Waals surface area contributed by atoms with Crippen LogP contribution in [0, 0.1) is 0 Å². The van der Waals surface area contributed by atoms with Gasteiger partial charge in [0.2, 0.25) is 0 Å². The highest BCUT2D eigenvalue weighted by molar-refractivity contribution is 7.14. The first-order valence-electron chi connectivity index (χ1n) is 8.51. The fraction of sp³-hybridized carbons (Fsp3) is 0.647. The monoisotopic (exact) mass is 336 g/mol. The summed E-state index contributed by atoms with van der Waals surface area (Å²) in [5.41, 5.74) is 1.36. The van der Waals surface area contributed by atoms with Gasteiger partial charge in [0.1, 0.15) is 0 Å². The van der Waals surface area contributed by atoms with Crippen molar-refractivity contribution in [3.05, 3.63) is 21.4 Å². The largest absolute Gasteiger partial charge is 0.450 e. The Morgan fingerprint density at radius 1 is 1.30 bits per heavy atom. The van der Waals surface area contributed by atoms with Crippen molar-refractivity contribution in [2.45, 2.75) is 51.5 Å². The molecule has 0 aromatic carbocycles. The van der Waals surface area contributed by atoms with Gasteiger partial charge in [-0.05, 0) is 57.1 Å². The Balaban J connectivity index is 1.51. The van der Waals surface area contributed by atoms with Gasteiger partial charge in [-0.3, -0.25) is 4.79 Å². The molecule has 1 aromatic rings. The molecular weight excluding hydrogens is 312 g/mol. The van der Waals surface area contributed by atoms with Crippen molar-refractivity contribution in [2.75, 3.05) is 19.7 Å². The van der Waals surface area contributed by atoms with Crippen LogP contribution in [0.5, 0.6) is 0 Å². The molecule has 23 heavy (non-hydrogen) atoms. The summed E-state index contributed by atoms with van der Waals surface area (Å²) in [5, 5.41) is 3.13. The predicted molar refractivity (Wildman–Crippen MR) is 90.0 cm³/mol. The molecule has 2 heterocycles. The smallest absolute Gasteiger partial charge is 0.409 e. The first-order chi connectivity index (χ1) is 11.2. The minimum absolute atomic E-state index is 0.0407. The van der Waals surface area contributed by atoms with Crippen molar-refractivity contribution in [3.63, 3.8) is 0 Å². The summed E-state index contributed by atoms with van der Waals surface area (Å²) in [6, 6.07) is 2.22. The average molecular weight is 336 g/mol. The van der Waals surface area contributed by atoms with E-state index in [4.69, 9.17) is 4.74 Å². The molecule has 0 unspecified atom stereocenters. The van der Waals surface area contributed by atoms with Crippen molar-refractivity contribution < 1.29 is 14.3 Å². The lowest BCUT2D eigenvalue weighted by Gasteiger charge is -2.31. The van der Waals surface area contributed by atoms with Crippen molar-refractivity contribution in [1.82, 2.24) is 10.2 Å². The average Bonchev–Trinajstić information content (AvgIpc) is 3.00. The zero-order chi connectivity index (χ0) is 16.2. The van der Waals surface area contributed by atoms with Crippen LogP contribution in [0.3, 0.4) is 0 Å². The molecule has 3 rings (SSSR count). The maximum absolute atomic E-state index is 12.4. The standard InChI is InChI=1S/C17H24N2O3S/c1-2-22-17(21)19-9-7-13(8-10-19)18-16(20)15-11-12-5-3-4-6-14(12)23-15/h11,13H,2-10H2,1H3,(H,18,20). The molecular formula is C17H24N2O3S. The van der Waals surface area contributed by atoms with E-state index in [9.17, 15) is 9.59 Å². The van der Waals surface area contributed by atoms with E-state index in [1.165, 1.54) is 23.3 Å². The molecule has 0 bridgehead atoms. The van der Waals surface area contributed by atoms with E-state index in [1.54, 1.807) is 16.2 Å². The molecule has 1 aliphatic heterocycles. The Kier molecular flexibility index (Phi) is 5.20. The molecule has 1 fully saturated rings. The summed E-state index contributed by atoms with van der Waals surface area (Å²) >= 11 is 1.65. The van der Waals surface area contributed by atoms with E-state index in [0.717, 1.165) is 30.6 Å². The van der Waals surface area contributed by atoms with Gasteiger partial charge >= 0.3 is 6.09 Å². The lowest BCUT2D eigenvalue weighted by Crippen LogP contribution is -2.46. The van der Waals surface area contributed by atoms with Crippen molar-refractivity contribution in [1.29, 1.82) is 0 Å². The molecule has 2 amide bonds. The van der Waals surface area contributed by atoms with Gasteiger partial charge in [0.05, 0.1) is 11.5 Å². The van der Waals surface area contributed by atoms with Gasteiger partial charge in [0.25, 0.3) is 5.91 Å². The zero-order valence-corrected chi connectivity index (χ0v) is 14.4. The molecule has 2 aliphatic rings. The first-order valence-corrected chi connectivity index (χ1v) is 9.33. The SMILES string of the molecule is CCOC(=O)N1CCC(NC(=O)c2cc3c(s2)CCCC3)CC1. The van der Waals surface area contributed by atoms with Crippen LogP contribution in [-0.4, -0.2) is 42.6 Å². The molecule has 0 radical (unpaired) electrons. The number of nitrogens with one attached hydrogen (secondary N) is 1. The van der Waals surface area contributed by atoms with Crippen molar-refractivity contribution >= 4 is 23.3 Å².